The highest BCUT2D eigenvalue weighted by Crippen LogP contribution is 2.40. The van der Waals surface area contributed by atoms with Crippen molar-refractivity contribution < 1.29 is 44.7 Å². The van der Waals surface area contributed by atoms with E-state index in [1.807, 2.05) is 0 Å². The summed E-state index contributed by atoms with van der Waals surface area (Å²) in [6.07, 6.45) is -1.97. The van der Waals surface area contributed by atoms with Gasteiger partial charge in [0.1, 0.15) is 28.7 Å². The molecule has 4 heterocycles. The molecule has 2 aromatic heterocycles. The summed E-state index contributed by atoms with van der Waals surface area (Å²) < 4.78 is 99.7. The number of alkyl halides is 3. The van der Waals surface area contributed by atoms with Crippen LogP contribution < -0.4 is 19.4 Å². The van der Waals surface area contributed by atoms with E-state index in [1.54, 1.807) is 18.2 Å². The Hall–Kier alpha value is -4.64. The second-order valence-electron chi connectivity index (χ2n) is 10.6. The minimum atomic E-state index is -5.65. The SMILES string of the molecule is COc1ncc(-c2ccc3ncnc(N4CCC5(CNC5)C4)c3c2)cc1N(OC(=O)C(F)(F)F)S(=O)(=O)c1ccc(F)cc1F. The van der Waals surface area contributed by atoms with E-state index in [1.165, 1.54) is 12.5 Å². The Morgan fingerprint density at radius 3 is 2.47 bits per heavy atom. The summed E-state index contributed by atoms with van der Waals surface area (Å²) in [5.41, 5.74) is 0.553. The molecule has 2 aliphatic heterocycles. The van der Waals surface area contributed by atoms with Gasteiger partial charge in [-0.25, -0.2) is 28.5 Å². The molecule has 2 aromatic carbocycles. The molecule has 0 saturated carbocycles. The molecule has 17 heteroatoms. The lowest BCUT2D eigenvalue weighted by Crippen LogP contribution is -2.54. The molecule has 4 aromatic rings. The molecule has 0 atom stereocenters. The van der Waals surface area contributed by atoms with Gasteiger partial charge in [0.2, 0.25) is 5.88 Å². The predicted octanol–water partition coefficient (Wildman–Crippen LogP) is 3.99. The van der Waals surface area contributed by atoms with E-state index in [2.05, 4.69) is 30.0 Å². The molecule has 2 aliphatic rings. The van der Waals surface area contributed by atoms with Crippen molar-refractivity contribution in [2.45, 2.75) is 17.5 Å². The van der Waals surface area contributed by atoms with Crippen molar-refractivity contribution in [3.05, 3.63) is 66.6 Å². The van der Waals surface area contributed by atoms with E-state index >= 15 is 0 Å². The fourth-order valence-electron chi connectivity index (χ4n) is 5.37. The van der Waals surface area contributed by atoms with Gasteiger partial charge in [0.15, 0.2) is 5.69 Å². The lowest BCUT2D eigenvalue weighted by Gasteiger charge is -2.39. The molecule has 1 spiro atoms. The average molecular weight is 651 g/mol. The van der Waals surface area contributed by atoms with Gasteiger partial charge in [-0.2, -0.15) is 21.6 Å². The summed E-state index contributed by atoms with van der Waals surface area (Å²) in [5, 5.41) is 3.95. The Bertz CT molecular complexity index is 1920. The molecule has 45 heavy (non-hydrogen) atoms. The van der Waals surface area contributed by atoms with Gasteiger partial charge in [-0.05, 0) is 42.3 Å². The molecule has 236 valence electrons. The molecule has 0 unspecified atom stereocenters. The topological polar surface area (TPSA) is 127 Å². The third kappa shape index (κ3) is 5.56. The van der Waals surface area contributed by atoms with E-state index in [0.717, 1.165) is 45.8 Å². The lowest BCUT2D eigenvalue weighted by atomic mass is 9.81. The molecule has 0 bridgehead atoms. The summed E-state index contributed by atoms with van der Waals surface area (Å²) in [7, 11) is -4.41. The predicted molar refractivity (Wildman–Crippen MR) is 150 cm³/mol. The van der Waals surface area contributed by atoms with E-state index in [4.69, 9.17) is 4.74 Å². The molecule has 1 N–H and O–H groups in total. The van der Waals surface area contributed by atoms with Gasteiger partial charge in [-0.3, -0.25) is 0 Å². The highest BCUT2D eigenvalue weighted by atomic mass is 32.2. The first-order valence-electron chi connectivity index (χ1n) is 13.4. The van der Waals surface area contributed by atoms with Crippen LogP contribution in [0.4, 0.5) is 33.5 Å². The minimum Gasteiger partial charge on any atom is -0.479 e. The number of sulfonamides is 1. The Balaban J connectivity index is 1.46. The Kier molecular flexibility index (Phi) is 7.47. The molecular formula is C28H23F5N6O5S. The zero-order valence-corrected chi connectivity index (χ0v) is 24.1. The van der Waals surface area contributed by atoms with Crippen molar-refractivity contribution in [1.29, 1.82) is 0 Å². The maximum Gasteiger partial charge on any atom is 0.493 e. The number of aromatic nitrogens is 3. The monoisotopic (exact) mass is 650 g/mol. The maximum absolute atomic E-state index is 14.6. The molecule has 0 amide bonds. The van der Waals surface area contributed by atoms with Gasteiger partial charge in [-0.15, -0.1) is 0 Å². The fraction of sp³-hybridized carbons (Fsp3) is 0.286. The fourth-order valence-corrected chi connectivity index (χ4v) is 6.65. The van der Waals surface area contributed by atoms with E-state index in [9.17, 15) is 35.2 Å². The first-order valence-corrected chi connectivity index (χ1v) is 14.8. The average Bonchev–Trinajstić information content (AvgIpc) is 3.45. The largest absolute Gasteiger partial charge is 0.493 e. The van der Waals surface area contributed by atoms with Gasteiger partial charge in [0, 0.05) is 54.8 Å². The van der Waals surface area contributed by atoms with Crippen molar-refractivity contribution >= 4 is 38.4 Å². The second kappa shape index (κ2) is 11.1. The molecular weight excluding hydrogens is 627 g/mol. The third-order valence-corrected chi connectivity index (χ3v) is 9.29. The highest BCUT2D eigenvalue weighted by Gasteiger charge is 2.46. The summed E-state index contributed by atoms with van der Waals surface area (Å²) in [6.45, 7) is 3.35. The number of pyridine rings is 1. The van der Waals surface area contributed by atoms with E-state index in [0.29, 0.717) is 34.4 Å². The highest BCUT2D eigenvalue weighted by molar-refractivity contribution is 7.92. The summed E-state index contributed by atoms with van der Waals surface area (Å²) in [6, 6.07) is 7.32. The van der Waals surface area contributed by atoms with Crippen LogP contribution in [0.1, 0.15) is 6.42 Å². The van der Waals surface area contributed by atoms with Crippen LogP contribution in [0.15, 0.2) is 59.9 Å². The van der Waals surface area contributed by atoms with Crippen molar-refractivity contribution in [3.63, 3.8) is 0 Å². The number of carbonyl (C=O) groups is 1. The number of halogens is 5. The van der Waals surface area contributed by atoms with Crippen LogP contribution in [-0.4, -0.2) is 68.8 Å². The number of hydrogen-bond acceptors (Lipinski definition) is 10. The number of nitrogens with zero attached hydrogens (tertiary/aromatic N) is 5. The molecule has 2 saturated heterocycles. The zero-order valence-electron chi connectivity index (χ0n) is 23.3. The van der Waals surface area contributed by atoms with Crippen LogP contribution in [0.3, 0.4) is 0 Å². The van der Waals surface area contributed by atoms with Crippen LogP contribution >= 0.6 is 0 Å². The summed E-state index contributed by atoms with van der Waals surface area (Å²) >= 11 is 0. The number of rotatable bonds is 7. The maximum atomic E-state index is 14.6. The molecule has 2 fully saturated rings. The summed E-state index contributed by atoms with van der Waals surface area (Å²) in [4.78, 5) is 29.9. The van der Waals surface area contributed by atoms with Crippen molar-refractivity contribution in [1.82, 2.24) is 20.3 Å². The van der Waals surface area contributed by atoms with Crippen LogP contribution in [-0.2, 0) is 19.7 Å². The van der Waals surface area contributed by atoms with Crippen LogP contribution in [0, 0.1) is 17.0 Å². The number of methoxy groups -OCH3 is 1. The minimum absolute atomic E-state index is 0.159. The standard InChI is InChI=1S/C28H23F5N6O5S/c1-43-25-22(39(44-26(40)28(31,32)33)45(41,42)23-5-3-18(29)10-20(23)30)9-17(11-35-25)16-2-4-21-19(8-16)24(37-15-36-21)38-7-6-27(14-38)12-34-13-27/h2-5,8-11,15,34H,6-7,12-14H2,1H3. The van der Waals surface area contributed by atoms with Crippen LogP contribution in [0.2, 0.25) is 0 Å². The number of fused-ring (bicyclic) bond motifs is 1. The van der Waals surface area contributed by atoms with Crippen LogP contribution in [0.25, 0.3) is 22.0 Å². The van der Waals surface area contributed by atoms with E-state index in [-0.39, 0.29) is 17.0 Å². The number of nitrogens with one attached hydrogen (secondary N) is 1. The Labute approximate surface area is 252 Å². The van der Waals surface area contributed by atoms with Gasteiger partial charge in [-0.1, -0.05) is 10.5 Å². The lowest BCUT2D eigenvalue weighted by molar-refractivity contribution is -0.199. The number of anilines is 2. The van der Waals surface area contributed by atoms with E-state index < -0.39 is 54.7 Å². The number of benzene rings is 2. The zero-order chi connectivity index (χ0) is 32.1. The smallest absolute Gasteiger partial charge is 0.479 e. The molecule has 6 rings (SSSR count). The van der Waals surface area contributed by atoms with Crippen molar-refractivity contribution in [2.75, 3.05) is 42.7 Å². The van der Waals surface area contributed by atoms with Gasteiger partial charge in [0.25, 0.3) is 10.0 Å². The normalized spacial score (nSPS) is 16.1. The molecule has 0 aliphatic carbocycles. The number of carbonyl (C=O) groups excluding carboxylic acids is 1. The second-order valence-corrected chi connectivity index (χ2v) is 12.4. The first kappa shape index (κ1) is 30.4. The van der Waals surface area contributed by atoms with Gasteiger partial charge >= 0.3 is 12.1 Å². The third-order valence-electron chi connectivity index (χ3n) is 7.70. The molecule has 0 radical (unpaired) electrons. The first-order chi connectivity index (χ1) is 21.3. The Morgan fingerprint density at radius 2 is 1.82 bits per heavy atom. The van der Waals surface area contributed by atoms with Gasteiger partial charge < -0.3 is 19.8 Å². The van der Waals surface area contributed by atoms with Crippen molar-refractivity contribution in [2.24, 2.45) is 5.41 Å². The molecule has 11 nitrogen and oxygen atoms in total. The number of hydrogen-bond donors (Lipinski definition) is 1. The quantitative estimate of drug-likeness (QED) is 0.232. The Morgan fingerprint density at radius 1 is 1.04 bits per heavy atom. The van der Waals surface area contributed by atoms with Crippen LogP contribution in [0.5, 0.6) is 5.88 Å². The number of ether oxygens (including phenoxy) is 1. The summed E-state index contributed by atoms with van der Waals surface area (Å²) in [5.74, 6) is -5.64. The van der Waals surface area contributed by atoms with Crippen molar-refractivity contribution in [3.8, 4) is 17.0 Å². The van der Waals surface area contributed by atoms with Gasteiger partial charge in [0.05, 0.1) is 12.6 Å².